The van der Waals surface area contributed by atoms with Gasteiger partial charge in [-0.05, 0) is 41.0 Å². The summed E-state index contributed by atoms with van der Waals surface area (Å²) in [4.78, 5) is 12.5. The first-order chi connectivity index (χ1) is 13.4. The third-order valence-electron chi connectivity index (χ3n) is 5.61. The van der Waals surface area contributed by atoms with Crippen molar-refractivity contribution in [1.29, 1.82) is 0 Å². The molecular formula is C20H20O8. The van der Waals surface area contributed by atoms with E-state index in [2.05, 4.69) is 0 Å². The highest BCUT2D eigenvalue weighted by molar-refractivity contribution is 5.78. The number of carbonyl (C=O) groups is 1. The van der Waals surface area contributed by atoms with Crippen LogP contribution < -0.4 is 9.47 Å². The zero-order chi connectivity index (χ0) is 20.2. The SMILES string of the molecule is COc1cc([C@@H]2c3cc(O)c(O)cc3[C@@H](O)C3COC(=O)[C@@H]32)cc(OC)c1O. The molecule has 0 amide bonds. The van der Waals surface area contributed by atoms with Gasteiger partial charge in [0.1, 0.15) is 0 Å². The topological polar surface area (TPSA) is 126 Å². The highest BCUT2D eigenvalue weighted by Gasteiger charge is 2.52. The first-order valence-corrected chi connectivity index (χ1v) is 8.72. The van der Waals surface area contributed by atoms with Crippen LogP contribution in [0.3, 0.4) is 0 Å². The molecule has 1 unspecified atom stereocenters. The number of hydrogen-bond donors (Lipinski definition) is 4. The van der Waals surface area contributed by atoms with Crippen molar-refractivity contribution in [3.63, 3.8) is 0 Å². The molecule has 2 aliphatic rings. The smallest absolute Gasteiger partial charge is 0.310 e. The summed E-state index contributed by atoms with van der Waals surface area (Å²) in [6.07, 6.45) is -1.03. The molecule has 0 aromatic heterocycles. The Morgan fingerprint density at radius 2 is 1.54 bits per heavy atom. The van der Waals surface area contributed by atoms with Gasteiger partial charge in [0.2, 0.25) is 5.75 Å². The molecule has 1 aliphatic heterocycles. The van der Waals surface area contributed by atoms with Gasteiger partial charge in [-0.15, -0.1) is 0 Å². The van der Waals surface area contributed by atoms with Crippen molar-refractivity contribution in [3.05, 3.63) is 41.0 Å². The lowest BCUT2D eigenvalue weighted by atomic mass is 9.66. The largest absolute Gasteiger partial charge is 0.504 e. The Bertz CT molecular complexity index is 928. The van der Waals surface area contributed by atoms with Crippen LogP contribution in [-0.2, 0) is 9.53 Å². The van der Waals surface area contributed by atoms with Crippen LogP contribution in [0.15, 0.2) is 24.3 Å². The molecule has 4 N–H and O–H groups in total. The van der Waals surface area contributed by atoms with Crippen molar-refractivity contribution in [3.8, 4) is 28.7 Å². The van der Waals surface area contributed by atoms with E-state index >= 15 is 0 Å². The number of ether oxygens (including phenoxy) is 3. The van der Waals surface area contributed by atoms with E-state index in [1.54, 1.807) is 12.1 Å². The minimum Gasteiger partial charge on any atom is -0.504 e. The molecule has 2 aromatic carbocycles. The maximum absolute atomic E-state index is 12.5. The van der Waals surface area contributed by atoms with E-state index in [9.17, 15) is 25.2 Å². The van der Waals surface area contributed by atoms with Crippen molar-refractivity contribution < 1.29 is 39.4 Å². The third kappa shape index (κ3) is 2.52. The number of aliphatic hydroxyl groups excluding tert-OH is 1. The molecule has 1 saturated heterocycles. The maximum Gasteiger partial charge on any atom is 0.310 e. The number of esters is 1. The standard InChI is InChI=1S/C20H20O8/c1-26-14-3-8(4-15(27-2)19(14)24)16-9-5-12(21)13(22)6-10(9)18(23)11-7-28-20(25)17(11)16/h3-6,11,16-18,21-24H,7H2,1-2H3/t11?,16-,17+,18-/m1/s1. The molecular weight excluding hydrogens is 368 g/mol. The summed E-state index contributed by atoms with van der Waals surface area (Å²) in [6.45, 7) is 0.0502. The Kier molecular flexibility index (Phi) is 4.23. The van der Waals surface area contributed by atoms with E-state index in [1.807, 2.05) is 0 Å². The van der Waals surface area contributed by atoms with Gasteiger partial charge in [0.05, 0.1) is 32.8 Å². The number of fused-ring (bicyclic) bond motifs is 2. The molecule has 1 aliphatic carbocycles. The maximum atomic E-state index is 12.5. The second-order valence-electron chi connectivity index (χ2n) is 6.99. The fourth-order valence-electron chi connectivity index (χ4n) is 4.26. The molecule has 1 fully saturated rings. The van der Waals surface area contributed by atoms with Crippen molar-refractivity contribution in [2.75, 3.05) is 20.8 Å². The van der Waals surface area contributed by atoms with Gasteiger partial charge in [-0.2, -0.15) is 0 Å². The summed E-state index contributed by atoms with van der Waals surface area (Å²) in [6, 6.07) is 5.80. The fraction of sp³-hybridized carbons (Fsp3) is 0.350. The minimum atomic E-state index is -1.03. The van der Waals surface area contributed by atoms with Crippen LogP contribution in [-0.4, -0.2) is 47.2 Å². The molecule has 1 heterocycles. The van der Waals surface area contributed by atoms with E-state index in [4.69, 9.17) is 14.2 Å². The summed E-state index contributed by atoms with van der Waals surface area (Å²) >= 11 is 0. The average molecular weight is 388 g/mol. The second-order valence-corrected chi connectivity index (χ2v) is 6.99. The first kappa shape index (κ1) is 18.2. The number of phenols is 3. The summed E-state index contributed by atoms with van der Waals surface area (Å²) in [5, 5.41) is 40.9. The van der Waals surface area contributed by atoms with Gasteiger partial charge in [-0.25, -0.2) is 0 Å². The molecule has 0 saturated carbocycles. The summed E-state index contributed by atoms with van der Waals surface area (Å²) < 4.78 is 15.7. The van der Waals surface area contributed by atoms with Gasteiger partial charge in [-0.1, -0.05) is 0 Å². The summed E-state index contributed by atoms with van der Waals surface area (Å²) in [5.74, 6) is -2.86. The van der Waals surface area contributed by atoms with Gasteiger partial charge in [0.25, 0.3) is 0 Å². The number of phenolic OH excluding ortho intramolecular Hbond substituents is 3. The zero-order valence-electron chi connectivity index (χ0n) is 15.2. The van der Waals surface area contributed by atoms with Crippen LogP contribution in [0.4, 0.5) is 0 Å². The molecule has 8 nitrogen and oxygen atoms in total. The molecule has 0 spiro atoms. The average Bonchev–Trinajstić information content (AvgIpc) is 3.06. The normalized spacial score (nSPS) is 25.6. The Hall–Kier alpha value is -3.13. The van der Waals surface area contributed by atoms with Crippen LogP contribution in [0.1, 0.15) is 28.7 Å². The molecule has 2 aromatic rings. The highest BCUT2D eigenvalue weighted by atomic mass is 16.5. The Balaban J connectivity index is 1.98. The van der Waals surface area contributed by atoms with E-state index in [0.29, 0.717) is 16.7 Å². The number of aliphatic hydroxyl groups is 1. The molecule has 0 bridgehead atoms. The van der Waals surface area contributed by atoms with E-state index in [-0.39, 0.29) is 35.4 Å². The highest BCUT2D eigenvalue weighted by Crippen LogP contribution is 2.54. The van der Waals surface area contributed by atoms with Crippen LogP contribution in [0, 0.1) is 11.8 Å². The quantitative estimate of drug-likeness (QED) is 0.463. The van der Waals surface area contributed by atoms with Gasteiger partial charge in [-0.3, -0.25) is 4.79 Å². The van der Waals surface area contributed by atoms with Crippen molar-refractivity contribution in [2.45, 2.75) is 12.0 Å². The Labute approximate surface area is 160 Å². The predicted octanol–water partition coefficient (Wildman–Crippen LogP) is 1.79. The fourth-order valence-corrected chi connectivity index (χ4v) is 4.26. The number of carbonyl (C=O) groups excluding carboxylic acids is 1. The molecule has 4 rings (SSSR count). The van der Waals surface area contributed by atoms with E-state index in [0.717, 1.165) is 0 Å². The zero-order valence-corrected chi connectivity index (χ0v) is 15.2. The third-order valence-corrected chi connectivity index (χ3v) is 5.61. The molecule has 148 valence electrons. The van der Waals surface area contributed by atoms with Gasteiger partial charge >= 0.3 is 5.97 Å². The lowest BCUT2D eigenvalue weighted by Crippen LogP contribution is -2.34. The molecule has 8 heteroatoms. The van der Waals surface area contributed by atoms with Crippen LogP contribution >= 0.6 is 0 Å². The minimum absolute atomic E-state index is 0.0502. The van der Waals surface area contributed by atoms with Crippen LogP contribution in [0.2, 0.25) is 0 Å². The van der Waals surface area contributed by atoms with Gasteiger partial charge in [0, 0.05) is 11.8 Å². The summed E-state index contributed by atoms with van der Waals surface area (Å²) in [5.41, 5.74) is 1.47. The molecule has 4 atom stereocenters. The number of rotatable bonds is 3. The Morgan fingerprint density at radius 3 is 2.11 bits per heavy atom. The van der Waals surface area contributed by atoms with Crippen LogP contribution in [0.5, 0.6) is 28.7 Å². The van der Waals surface area contributed by atoms with Crippen molar-refractivity contribution in [1.82, 2.24) is 0 Å². The monoisotopic (exact) mass is 388 g/mol. The lowest BCUT2D eigenvalue weighted by molar-refractivity contribution is -0.141. The number of cyclic esters (lactones) is 1. The predicted molar refractivity (Wildman–Crippen MR) is 95.7 cm³/mol. The van der Waals surface area contributed by atoms with E-state index in [1.165, 1.54) is 26.4 Å². The lowest BCUT2D eigenvalue weighted by Gasteiger charge is -2.37. The number of hydrogen-bond acceptors (Lipinski definition) is 8. The van der Waals surface area contributed by atoms with Crippen molar-refractivity contribution in [2.24, 2.45) is 11.8 Å². The van der Waals surface area contributed by atoms with E-state index < -0.39 is 29.8 Å². The van der Waals surface area contributed by atoms with Gasteiger partial charge in [0.15, 0.2) is 23.0 Å². The van der Waals surface area contributed by atoms with Crippen LogP contribution in [0.25, 0.3) is 0 Å². The van der Waals surface area contributed by atoms with Gasteiger partial charge < -0.3 is 34.6 Å². The first-order valence-electron chi connectivity index (χ1n) is 8.72. The molecule has 0 radical (unpaired) electrons. The second kappa shape index (κ2) is 6.49. The number of methoxy groups -OCH3 is 2. The number of aromatic hydroxyl groups is 3. The summed E-state index contributed by atoms with van der Waals surface area (Å²) in [7, 11) is 2.79. The molecule has 28 heavy (non-hydrogen) atoms. The van der Waals surface area contributed by atoms with Crippen molar-refractivity contribution >= 4 is 5.97 Å². The number of benzene rings is 2. The Morgan fingerprint density at radius 1 is 0.964 bits per heavy atom.